The van der Waals surface area contributed by atoms with Gasteiger partial charge in [-0.3, -0.25) is 4.79 Å². The molecule has 2 aromatic carbocycles. The van der Waals surface area contributed by atoms with E-state index in [-0.39, 0.29) is 30.8 Å². The lowest BCUT2D eigenvalue weighted by molar-refractivity contribution is -0.116. The zero-order chi connectivity index (χ0) is 27.3. The SMILES string of the molecule is COCCN(CC(=O)Nc1cc(C(C)(C)C)nn1-c1ccc(C)cc1C)C(=O)Nc1ccc(F)cc1F. The van der Waals surface area contributed by atoms with Crippen molar-refractivity contribution >= 4 is 23.4 Å². The molecule has 3 amide bonds. The van der Waals surface area contributed by atoms with E-state index in [4.69, 9.17) is 9.84 Å². The van der Waals surface area contributed by atoms with E-state index < -0.39 is 23.6 Å². The molecule has 8 nitrogen and oxygen atoms in total. The molecule has 0 aliphatic rings. The number of aryl methyl sites for hydroxylation is 2. The predicted octanol–water partition coefficient (Wildman–Crippen LogP) is 5.18. The summed E-state index contributed by atoms with van der Waals surface area (Å²) in [4.78, 5) is 27.1. The number of methoxy groups -OCH3 is 1. The number of rotatable bonds is 8. The summed E-state index contributed by atoms with van der Waals surface area (Å²) in [5.74, 6) is -1.70. The number of halogens is 2. The third kappa shape index (κ3) is 7.13. The van der Waals surface area contributed by atoms with E-state index in [0.717, 1.165) is 34.6 Å². The van der Waals surface area contributed by atoms with Crippen LogP contribution in [0, 0.1) is 25.5 Å². The molecule has 37 heavy (non-hydrogen) atoms. The highest BCUT2D eigenvalue weighted by Gasteiger charge is 2.24. The lowest BCUT2D eigenvalue weighted by Crippen LogP contribution is -2.42. The third-order valence-corrected chi connectivity index (χ3v) is 5.69. The van der Waals surface area contributed by atoms with Crippen molar-refractivity contribution in [1.29, 1.82) is 0 Å². The molecule has 2 N–H and O–H groups in total. The van der Waals surface area contributed by atoms with Gasteiger partial charge in [-0.05, 0) is 37.6 Å². The topological polar surface area (TPSA) is 88.5 Å². The minimum atomic E-state index is -0.920. The van der Waals surface area contributed by atoms with Gasteiger partial charge in [0.1, 0.15) is 24.0 Å². The smallest absolute Gasteiger partial charge is 0.322 e. The minimum absolute atomic E-state index is 0.0716. The first-order chi connectivity index (χ1) is 17.4. The van der Waals surface area contributed by atoms with Gasteiger partial charge in [0.05, 0.1) is 23.7 Å². The highest BCUT2D eigenvalue weighted by Crippen LogP contribution is 2.28. The van der Waals surface area contributed by atoms with E-state index in [9.17, 15) is 18.4 Å². The molecule has 1 aromatic heterocycles. The van der Waals surface area contributed by atoms with Gasteiger partial charge in [0, 0.05) is 31.2 Å². The normalized spacial score (nSPS) is 11.4. The van der Waals surface area contributed by atoms with Crippen LogP contribution in [0.25, 0.3) is 5.69 Å². The molecule has 0 aliphatic heterocycles. The summed E-state index contributed by atoms with van der Waals surface area (Å²) in [5, 5.41) is 9.99. The Morgan fingerprint density at radius 3 is 2.41 bits per heavy atom. The van der Waals surface area contributed by atoms with Gasteiger partial charge >= 0.3 is 6.03 Å². The van der Waals surface area contributed by atoms with E-state index in [1.807, 2.05) is 58.9 Å². The summed E-state index contributed by atoms with van der Waals surface area (Å²) >= 11 is 0. The maximum atomic E-state index is 14.1. The molecular weight excluding hydrogens is 480 g/mol. The van der Waals surface area contributed by atoms with Crippen molar-refractivity contribution < 1.29 is 23.1 Å². The van der Waals surface area contributed by atoms with Crippen LogP contribution in [0.4, 0.5) is 25.1 Å². The number of aromatic nitrogens is 2. The number of carbonyl (C=O) groups excluding carboxylic acids is 2. The van der Waals surface area contributed by atoms with Gasteiger partial charge in [0.2, 0.25) is 5.91 Å². The van der Waals surface area contributed by atoms with Crippen LogP contribution in [-0.4, -0.2) is 53.4 Å². The van der Waals surface area contributed by atoms with Gasteiger partial charge in [-0.2, -0.15) is 5.10 Å². The van der Waals surface area contributed by atoms with Crippen LogP contribution in [-0.2, 0) is 14.9 Å². The van der Waals surface area contributed by atoms with Gasteiger partial charge < -0.3 is 20.3 Å². The highest BCUT2D eigenvalue weighted by atomic mass is 19.1. The van der Waals surface area contributed by atoms with Crippen molar-refractivity contribution in [2.24, 2.45) is 0 Å². The van der Waals surface area contributed by atoms with Crippen LogP contribution in [0.1, 0.15) is 37.6 Å². The molecule has 198 valence electrons. The van der Waals surface area contributed by atoms with Crippen molar-refractivity contribution in [1.82, 2.24) is 14.7 Å². The molecule has 0 radical (unpaired) electrons. The molecule has 0 aliphatic carbocycles. The van der Waals surface area contributed by atoms with Crippen LogP contribution in [0.2, 0.25) is 0 Å². The molecule has 3 rings (SSSR count). The van der Waals surface area contributed by atoms with E-state index >= 15 is 0 Å². The fourth-order valence-corrected chi connectivity index (χ4v) is 3.66. The fraction of sp³-hybridized carbons (Fsp3) is 0.370. The summed E-state index contributed by atoms with van der Waals surface area (Å²) in [5.41, 5.74) is 3.22. The molecular formula is C27H33F2N5O3. The largest absolute Gasteiger partial charge is 0.383 e. The summed E-state index contributed by atoms with van der Waals surface area (Å²) in [6, 6.07) is 9.85. The van der Waals surface area contributed by atoms with E-state index in [2.05, 4.69) is 10.6 Å². The summed E-state index contributed by atoms with van der Waals surface area (Å²) < 4.78 is 34.0. The number of benzene rings is 2. The lowest BCUT2D eigenvalue weighted by Gasteiger charge is -2.22. The van der Waals surface area contributed by atoms with Crippen molar-refractivity contribution in [3.05, 3.63) is 70.9 Å². The Bertz CT molecular complexity index is 1280. The average Bonchev–Trinajstić information content (AvgIpc) is 3.22. The van der Waals surface area contributed by atoms with Crippen molar-refractivity contribution in [2.75, 3.05) is 37.4 Å². The third-order valence-electron chi connectivity index (χ3n) is 5.69. The number of hydrogen-bond donors (Lipinski definition) is 2. The molecule has 0 saturated carbocycles. The Balaban J connectivity index is 1.84. The van der Waals surface area contributed by atoms with Gasteiger partial charge in [0.25, 0.3) is 0 Å². The van der Waals surface area contributed by atoms with Crippen LogP contribution in [0.15, 0.2) is 42.5 Å². The molecule has 0 atom stereocenters. The highest BCUT2D eigenvalue weighted by molar-refractivity contribution is 5.96. The predicted molar refractivity (Wildman–Crippen MR) is 139 cm³/mol. The molecule has 0 saturated heterocycles. The van der Waals surface area contributed by atoms with E-state index in [1.165, 1.54) is 12.0 Å². The monoisotopic (exact) mass is 513 g/mol. The van der Waals surface area contributed by atoms with Gasteiger partial charge in [0.15, 0.2) is 0 Å². The molecule has 3 aromatic rings. The van der Waals surface area contributed by atoms with Gasteiger partial charge in [-0.25, -0.2) is 18.3 Å². The van der Waals surface area contributed by atoms with E-state index in [1.54, 1.807) is 4.68 Å². The first kappa shape index (κ1) is 27.8. The zero-order valence-corrected chi connectivity index (χ0v) is 22.0. The second-order valence-corrected chi connectivity index (χ2v) is 9.88. The Morgan fingerprint density at radius 2 is 1.78 bits per heavy atom. The molecule has 1 heterocycles. The number of urea groups is 1. The molecule has 0 unspecified atom stereocenters. The second-order valence-electron chi connectivity index (χ2n) is 9.88. The first-order valence-electron chi connectivity index (χ1n) is 11.9. The van der Waals surface area contributed by atoms with Crippen LogP contribution in [0.5, 0.6) is 0 Å². The maximum absolute atomic E-state index is 14.1. The average molecular weight is 514 g/mol. The number of hydrogen-bond acceptors (Lipinski definition) is 4. The molecule has 0 bridgehead atoms. The zero-order valence-electron chi connectivity index (χ0n) is 22.0. The van der Waals surface area contributed by atoms with Gasteiger partial charge in [-0.15, -0.1) is 0 Å². The molecule has 10 heteroatoms. The lowest BCUT2D eigenvalue weighted by atomic mass is 9.92. The quantitative estimate of drug-likeness (QED) is 0.434. The number of nitrogens with one attached hydrogen (secondary N) is 2. The number of carbonyl (C=O) groups is 2. The Hall–Kier alpha value is -3.79. The fourth-order valence-electron chi connectivity index (χ4n) is 3.66. The number of anilines is 2. The Morgan fingerprint density at radius 1 is 1.05 bits per heavy atom. The first-order valence-corrected chi connectivity index (χ1v) is 11.9. The molecule has 0 fully saturated rings. The van der Waals surface area contributed by atoms with Crippen LogP contribution in [0.3, 0.4) is 0 Å². The minimum Gasteiger partial charge on any atom is -0.383 e. The molecule has 0 spiro atoms. The number of amides is 3. The van der Waals surface area contributed by atoms with Crippen molar-refractivity contribution in [3.8, 4) is 5.69 Å². The van der Waals surface area contributed by atoms with Gasteiger partial charge in [-0.1, -0.05) is 38.5 Å². The van der Waals surface area contributed by atoms with E-state index in [0.29, 0.717) is 11.9 Å². The standard InChI is InChI=1S/C27H33F2N5O3/c1-17-7-10-22(18(2)13-17)34-24(15-23(32-34)27(3,4)5)31-25(35)16-33(11-12-37-6)26(36)30-21-9-8-19(28)14-20(21)29/h7-10,13-15H,11-12,16H2,1-6H3,(H,30,36)(H,31,35). The summed E-state index contributed by atoms with van der Waals surface area (Å²) in [6.45, 7) is 9.94. The second kappa shape index (κ2) is 11.5. The number of ether oxygens (including phenoxy) is 1. The Labute approximate surface area is 215 Å². The maximum Gasteiger partial charge on any atom is 0.322 e. The summed E-state index contributed by atoms with van der Waals surface area (Å²) in [7, 11) is 1.46. The van der Waals surface area contributed by atoms with Crippen molar-refractivity contribution in [2.45, 2.75) is 40.0 Å². The van der Waals surface area contributed by atoms with Crippen molar-refractivity contribution in [3.63, 3.8) is 0 Å². The summed E-state index contributed by atoms with van der Waals surface area (Å²) in [6.07, 6.45) is 0. The Kier molecular flexibility index (Phi) is 8.65. The number of nitrogens with zero attached hydrogens (tertiary/aromatic N) is 3. The van der Waals surface area contributed by atoms with Crippen LogP contribution >= 0.6 is 0 Å². The van der Waals surface area contributed by atoms with Crippen LogP contribution < -0.4 is 10.6 Å².